The van der Waals surface area contributed by atoms with Crippen LogP contribution in [-0.4, -0.2) is 64.6 Å². The van der Waals surface area contributed by atoms with Gasteiger partial charge in [-0.2, -0.15) is 8.61 Å². The van der Waals surface area contributed by atoms with Gasteiger partial charge in [-0.25, -0.2) is 16.8 Å². The number of sulfonamides is 2. The highest BCUT2D eigenvalue weighted by Gasteiger charge is 2.28. The highest BCUT2D eigenvalue weighted by Crippen LogP contribution is 2.28. The van der Waals surface area contributed by atoms with Gasteiger partial charge in [0.15, 0.2) is 0 Å². The Hall–Kier alpha value is -2.47. The van der Waals surface area contributed by atoms with Crippen molar-refractivity contribution in [2.24, 2.45) is 0 Å². The number of piperidine rings is 1. The Morgan fingerprint density at radius 2 is 1.19 bits per heavy atom. The summed E-state index contributed by atoms with van der Waals surface area (Å²) in [6.45, 7) is 1.94. The maximum Gasteiger partial charge on any atom is 0.259 e. The molecule has 0 radical (unpaired) electrons. The monoisotopic (exact) mass is 535 g/mol. The van der Waals surface area contributed by atoms with Crippen molar-refractivity contribution in [2.45, 2.75) is 54.7 Å². The van der Waals surface area contributed by atoms with Crippen molar-refractivity contribution in [3.63, 3.8) is 0 Å². The first-order chi connectivity index (χ1) is 17.2. The Balaban J connectivity index is 1.53. The second-order valence-electron chi connectivity index (χ2n) is 9.12. The zero-order chi connectivity index (χ0) is 25.8. The summed E-state index contributed by atoms with van der Waals surface area (Å²) in [5.41, 5.74) is 0.470. The normalized spacial score (nSPS) is 18.4. The lowest BCUT2D eigenvalue weighted by molar-refractivity contribution is 0.102. The Kier molecular flexibility index (Phi) is 8.34. The first kappa shape index (κ1) is 26.6. The van der Waals surface area contributed by atoms with Crippen molar-refractivity contribution < 1.29 is 26.4 Å². The van der Waals surface area contributed by atoms with Gasteiger partial charge in [0.2, 0.25) is 20.0 Å². The first-order valence-corrected chi connectivity index (χ1v) is 15.2. The summed E-state index contributed by atoms with van der Waals surface area (Å²) in [6.07, 6.45) is 6.38. The number of carbonyl (C=O) groups is 1. The lowest BCUT2D eigenvalue weighted by Crippen LogP contribution is -2.35. The van der Waals surface area contributed by atoms with Crippen LogP contribution < -0.4 is 10.1 Å². The van der Waals surface area contributed by atoms with E-state index in [0.717, 1.165) is 44.9 Å². The molecule has 1 amide bonds. The maximum atomic E-state index is 13.1. The third-order valence-electron chi connectivity index (χ3n) is 6.68. The number of benzene rings is 2. The fraction of sp³-hybridized carbons (Fsp3) is 0.480. The molecule has 2 aliphatic heterocycles. The summed E-state index contributed by atoms with van der Waals surface area (Å²) in [4.78, 5) is 13.3. The minimum absolute atomic E-state index is 0.0363. The molecule has 2 fully saturated rings. The SMILES string of the molecule is COc1ccc(S(=O)(=O)N2CCCCC2)cc1C(=O)Nc1ccc(S(=O)(=O)N2CCCCCC2)cc1. The first-order valence-electron chi connectivity index (χ1n) is 12.3. The number of rotatable bonds is 7. The third-order valence-corrected chi connectivity index (χ3v) is 10.5. The smallest absolute Gasteiger partial charge is 0.259 e. The van der Waals surface area contributed by atoms with Crippen LogP contribution in [0.5, 0.6) is 5.75 Å². The average molecular weight is 536 g/mol. The number of nitrogens with zero attached hydrogens (tertiary/aromatic N) is 2. The molecule has 0 atom stereocenters. The number of methoxy groups -OCH3 is 1. The Morgan fingerprint density at radius 1 is 0.722 bits per heavy atom. The van der Waals surface area contributed by atoms with Gasteiger partial charge in [0, 0.05) is 31.9 Å². The van der Waals surface area contributed by atoms with E-state index >= 15 is 0 Å². The molecular weight excluding hydrogens is 502 g/mol. The molecule has 2 aliphatic rings. The molecule has 2 saturated heterocycles. The minimum atomic E-state index is -3.72. The summed E-state index contributed by atoms with van der Waals surface area (Å²) in [5, 5.41) is 2.72. The van der Waals surface area contributed by atoms with Crippen LogP contribution in [0.2, 0.25) is 0 Å². The van der Waals surface area contributed by atoms with Crippen LogP contribution in [0, 0.1) is 0 Å². The van der Waals surface area contributed by atoms with Gasteiger partial charge in [-0.3, -0.25) is 4.79 Å². The van der Waals surface area contributed by atoms with E-state index in [2.05, 4.69) is 5.32 Å². The van der Waals surface area contributed by atoms with Gasteiger partial charge in [-0.1, -0.05) is 19.3 Å². The predicted molar refractivity (Wildman–Crippen MR) is 137 cm³/mol. The standard InChI is InChI=1S/C25H33N3O6S2/c1-34-24-14-13-22(36(32,33)28-17-7-4-8-18-28)19-23(24)25(29)26-20-9-11-21(12-10-20)35(30,31)27-15-5-2-3-6-16-27/h9-14,19H,2-8,15-18H2,1H3,(H,26,29). The summed E-state index contributed by atoms with van der Waals surface area (Å²) in [5.74, 6) is -0.309. The maximum absolute atomic E-state index is 13.1. The van der Waals surface area contributed by atoms with Gasteiger partial charge >= 0.3 is 0 Å². The molecule has 0 unspecified atom stereocenters. The van der Waals surface area contributed by atoms with Crippen LogP contribution in [0.3, 0.4) is 0 Å². The number of nitrogens with one attached hydrogen (secondary N) is 1. The quantitative estimate of drug-likeness (QED) is 0.579. The van der Waals surface area contributed by atoms with Crippen LogP contribution in [0.4, 0.5) is 5.69 Å². The van der Waals surface area contributed by atoms with E-state index in [9.17, 15) is 21.6 Å². The molecule has 2 aromatic rings. The average Bonchev–Trinajstić information content (AvgIpc) is 3.19. The van der Waals surface area contributed by atoms with Crippen molar-refractivity contribution in [3.05, 3.63) is 48.0 Å². The number of hydrogen-bond donors (Lipinski definition) is 1. The van der Waals surface area contributed by atoms with Crippen molar-refractivity contribution in [1.82, 2.24) is 8.61 Å². The zero-order valence-corrected chi connectivity index (χ0v) is 22.1. The van der Waals surface area contributed by atoms with Gasteiger partial charge in [-0.05, 0) is 68.1 Å². The van der Waals surface area contributed by atoms with Gasteiger partial charge < -0.3 is 10.1 Å². The van der Waals surface area contributed by atoms with Gasteiger partial charge in [-0.15, -0.1) is 0 Å². The van der Waals surface area contributed by atoms with E-state index in [1.165, 1.54) is 58.2 Å². The molecule has 0 bridgehead atoms. The fourth-order valence-electron chi connectivity index (χ4n) is 4.62. The number of amides is 1. The van der Waals surface area contributed by atoms with E-state index in [4.69, 9.17) is 4.74 Å². The van der Waals surface area contributed by atoms with Crippen LogP contribution in [0.15, 0.2) is 52.3 Å². The zero-order valence-electron chi connectivity index (χ0n) is 20.5. The van der Waals surface area contributed by atoms with Crippen molar-refractivity contribution in [2.75, 3.05) is 38.6 Å². The highest BCUT2D eigenvalue weighted by atomic mass is 32.2. The van der Waals surface area contributed by atoms with E-state index in [1.807, 2.05) is 0 Å². The molecule has 11 heteroatoms. The van der Waals surface area contributed by atoms with Crippen molar-refractivity contribution >= 4 is 31.6 Å². The molecular formula is C25H33N3O6S2. The largest absolute Gasteiger partial charge is 0.496 e. The molecule has 36 heavy (non-hydrogen) atoms. The number of anilines is 1. The molecule has 4 rings (SSSR count). The second kappa shape index (κ2) is 11.3. The van der Waals surface area contributed by atoms with E-state index in [1.54, 1.807) is 0 Å². The third kappa shape index (κ3) is 5.74. The molecule has 0 aromatic heterocycles. The van der Waals surface area contributed by atoms with Gasteiger partial charge in [0.05, 0.1) is 22.5 Å². The summed E-state index contributed by atoms with van der Waals surface area (Å²) >= 11 is 0. The van der Waals surface area contributed by atoms with E-state index < -0.39 is 26.0 Å². The molecule has 1 N–H and O–H groups in total. The molecule has 9 nitrogen and oxygen atoms in total. The Labute approximate surface area is 213 Å². The predicted octanol–water partition coefficient (Wildman–Crippen LogP) is 3.69. The van der Waals surface area contributed by atoms with Crippen LogP contribution in [-0.2, 0) is 20.0 Å². The highest BCUT2D eigenvalue weighted by molar-refractivity contribution is 7.89. The number of ether oxygens (including phenoxy) is 1. The summed E-state index contributed by atoms with van der Waals surface area (Å²) in [7, 11) is -5.91. The minimum Gasteiger partial charge on any atom is -0.496 e. The van der Waals surface area contributed by atoms with Crippen molar-refractivity contribution in [1.29, 1.82) is 0 Å². The number of carbonyl (C=O) groups excluding carboxylic acids is 1. The number of hydrogen-bond acceptors (Lipinski definition) is 6. The summed E-state index contributed by atoms with van der Waals surface area (Å²) in [6, 6.07) is 10.3. The van der Waals surface area contributed by atoms with Crippen LogP contribution in [0.25, 0.3) is 0 Å². The molecule has 196 valence electrons. The Morgan fingerprint density at radius 3 is 1.72 bits per heavy atom. The van der Waals surface area contributed by atoms with Gasteiger partial charge in [0.1, 0.15) is 5.75 Å². The molecule has 2 heterocycles. The Bertz CT molecular complexity index is 1280. The molecule has 2 aromatic carbocycles. The lowest BCUT2D eigenvalue weighted by Gasteiger charge is -2.26. The fourth-order valence-corrected chi connectivity index (χ4v) is 7.68. The lowest BCUT2D eigenvalue weighted by atomic mass is 10.2. The van der Waals surface area contributed by atoms with Crippen molar-refractivity contribution in [3.8, 4) is 5.75 Å². The molecule has 0 aliphatic carbocycles. The van der Waals surface area contributed by atoms with E-state index in [-0.39, 0.29) is 21.1 Å². The van der Waals surface area contributed by atoms with E-state index in [0.29, 0.717) is 31.9 Å². The topological polar surface area (TPSA) is 113 Å². The molecule has 0 saturated carbocycles. The summed E-state index contributed by atoms with van der Waals surface area (Å²) < 4.78 is 60.5. The second-order valence-corrected chi connectivity index (χ2v) is 13.0. The molecule has 0 spiro atoms. The van der Waals surface area contributed by atoms with Gasteiger partial charge in [0.25, 0.3) is 5.91 Å². The van der Waals surface area contributed by atoms with Crippen LogP contribution in [0.1, 0.15) is 55.3 Å². The van der Waals surface area contributed by atoms with Crippen LogP contribution >= 0.6 is 0 Å².